The molecule has 6 nitrogen and oxygen atoms in total. The Kier molecular flexibility index (Phi) is 4.99. The van der Waals surface area contributed by atoms with Crippen molar-refractivity contribution in [3.8, 4) is 0 Å². The van der Waals surface area contributed by atoms with Crippen molar-refractivity contribution in [1.82, 2.24) is 10.6 Å². The third kappa shape index (κ3) is 4.74. The number of halogens is 1. The molecule has 7 heteroatoms. The summed E-state index contributed by atoms with van der Waals surface area (Å²) in [4.78, 5) is 32.9. The van der Waals surface area contributed by atoms with E-state index in [2.05, 4.69) is 10.6 Å². The van der Waals surface area contributed by atoms with E-state index >= 15 is 0 Å². The van der Waals surface area contributed by atoms with Crippen molar-refractivity contribution < 1.29 is 23.9 Å². The van der Waals surface area contributed by atoms with Crippen LogP contribution in [-0.2, 0) is 9.59 Å². The molecule has 0 saturated carbocycles. The zero-order valence-corrected chi connectivity index (χ0v) is 10.2. The Bertz CT molecular complexity index is 516. The molecular formula is C12H13FN2O4. The van der Waals surface area contributed by atoms with Crippen molar-refractivity contribution in [2.45, 2.75) is 6.92 Å². The van der Waals surface area contributed by atoms with Crippen LogP contribution in [0.2, 0.25) is 0 Å². The molecule has 1 aromatic carbocycles. The number of aryl methyl sites for hydroxylation is 1. The van der Waals surface area contributed by atoms with Gasteiger partial charge in [0, 0.05) is 0 Å². The van der Waals surface area contributed by atoms with Crippen LogP contribution in [0, 0.1) is 12.7 Å². The average molecular weight is 268 g/mol. The van der Waals surface area contributed by atoms with E-state index in [1.165, 1.54) is 12.1 Å². The predicted molar refractivity (Wildman–Crippen MR) is 64.1 cm³/mol. The Hall–Kier alpha value is -2.44. The highest BCUT2D eigenvalue weighted by Gasteiger charge is 2.12. The lowest BCUT2D eigenvalue weighted by Crippen LogP contribution is -2.39. The molecule has 0 atom stereocenters. The molecule has 2 amide bonds. The minimum Gasteiger partial charge on any atom is -0.480 e. The van der Waals surface area contributed by atoms with Crippen LogP contribution in [0.25, 0.3) is 0 Å². The van der Waals surface area contributed by atoms with Crippen molar-refractivity contribution in [2.24, 2.45) is 0 Å². The molecule has 102 valence electrons. The van der Waals surface area contributed by atoms with Crippen LogP contribution in [0.4, 0.5) is 4.39 Å². The Morgan fingerprint density at radius 1 is 1.21 bits per heavy atom. The maximum atomic E-state index is 13.4. The number of benzene rings is 1. The fourth-order valence-corrected chi connectivity index (χ4v) is 1.30. The van der Waals surface area contributed by atoms with E-state index in [-0.39, 0.29) is 5.56 Å². The van der Waals surface area contributed by atoms with Gasteiger partial charge >= 0.3 is 5.97 Å². The highest BCUT2D eigenvalue weighted by atomic mass is 19.1. The molecule has 1 aromatic rings. The van der Waals surface area contributed by atoms with Gasteiger partial charge in [-0.3, -0.25) is 14.4 Å². The van der Waals surface area contributed by atoms with E-state index in [9.17, 15) is 18.8 Å². The summed E-state index contributed by atoms with van der Waals surface area (Å²) in [5.41, 5.74) is 0.505. The molecule has 3 N–H and O–H groups in total. The normalized spacial score (nSPS) is 9.79. The van der Waals surface area contributed by atoms with Gasteiger partial charge in [0.05, 0.1) is 12.1 Å². The van der Waals surface area contributed by atoms with E-state index in [0.29, 0.717) is 5.56 Å². The van der Waals surface area contributed by atoms with Crippen LogP contribution < -0.4 is 10.6 Å². The second kappa shape index (κ2) is 6.48. The van der Waals surface area contributed by atoms with Crippen molar-refractivity contribution in [3.63, 3.8) is 0 Å². The fourth-order valence-electron chi connectivity index (χ4n) is 1.30. The predicted octanol–water partition coefficient (Wildman–Crippen LogP) is 0.0647. The largest absolute Gasteiger partial charge is 0.480 e. The monoisotopic (exact) mass is 268 g/mol. The molecule has 0 unspecified atom stereocenters. The van der Waals surface area contributed by atoms with Gasteiger partial charge in [-0.1, -0.05) is 6.07 Å². The molecule has 0 heterocycles. The van der Waals surface area contributed by atoms with Gasteiger partial charge < -0.3 is 15.7 Å². The molecular weight excluding hydrogens is 255 g/mol. The van der Waals surface area contributed by atoms with Crippen molar-refractivity contribution in [2.75, 3.05) is 13.1 Å². The number of rotatable bonds is 5. The summed E-state index contributed by atoms with van der Waals surface area (Å²) in [6.07, 6.45) is 0. The summed E-state index contributed by atoms with van der Waals surface area (Å²) in [5, 5.41) is 12.6. The van der Waals surface area contributed by atoms with Crippen molar-refractivity contribution in [1.29, 1.82) is 0 Å². The van der Waals surface area contributed by atoms with Gasteiger partial charge in [-0.2, -0.15) is 0 Å². The molecule has 19 heavy (non-hydrogen) atoms. The van der Waals surface area contributed by atoms with Gasteiger partial charge in [0.25, 0.3) is 5.91 Å². The highest BCUT2D eigenvalue weighted by Crippen LogP contribution is 2.09. The summed E-state index contributed by atoms with van der Waals surface area (Å²) in [6.45, 7) is 0.733. The van der Waals surface area contributed by atoms with E-state index in [1.807, 2.05) is 0 Å². The third-order valence-electron chi connectivity index (χ3n) is 2.22. The first kappa shape index (κ1) is 14.6. The Morgan fingerprint density at radius 3 is 2.47 bits per heavy atom. The Labute approximate surface area is 108 Å². The molecule has 0 fully saturated rings. The lowest BCUT2D eigenvalue weighted by atomic mass is 10.1. The number of hydrogen-bond donors (Lipinski definition) is 3. The van der Waals surface area contributed by atoms with E-state index in [0.717, 1.165) is 0 Å². The average Bonchev–Trinajstić information content (AvgIpc) is 2.33. The van der Waals surface area contributed by atoms with Crippen LogP contribution in [0.15, 0.2) is 18.2 Å². The summed E-state index contributed by atoms with van der Waals surface area (Å²) >= 11 is 0. The SMILES string of the molecule is Cc1ccc(C(=O)NCC(=O)NCC(=O)O)c(F)c1. The van der Waals surface area contributed by atoms with Gasteiger partial charge in [0.15, 0.2) is 0 Å². The summed E-state index contributed by atoms with van der Waals surface area (Å²) in [7, 11) is 0. The molecule has 0 aliphatic rings. The number of carbonyl (C=O) groups excluding carboxylic acids is 2. The van der Waals surface area contributed by atoms with Gasteiger partial charge in [-0.15, -0.1) is 0 Å². The molecule has 0 bridgehead atoms. The maximum absolute atomic E-state index is 13.4. The molecule has 0 spiro atoms. The molecule has 0 aromatic heterocycles. The van der Waals surface area contributed by atoms with E-state index in [4.69, 9.17) is 5.11 Å². The summed E-state index contributed by atoms with van der Waals surface area (Å²) < 4.78 is 13.4. The van der Waals surface area contributed by atoms with Crippen LogP contribution in [-0.4, -0.2) is 36.0 Å². The maximum Gasteiger partial charge on any atom is 0.322 e. The van der Waals surface area contributed by atoms with Crippen molar-refractivity contribution in [3.05, 3.63) is 35.1 Å². The zero-order valence-electron chi connectivity index (χ0n) is 10.2. The topological polar surface area (TPSA) is 95.5 Å². The summed E-state index contributed by atoms with van der Waals surface area (Å²) in [6, 6.07) is 4.09. The van der Waals surface area contributed by atoms with Gasteiger partial charge in [0.2, 0.25) is 5.91 Å². The second-order valence-corrected chi connectivity index (χ2v) is 3.84. The Balaban J connectivity index is 2.51. The van der Waals surface area contributed by atoms with Crippen molar-refractivity contribution >= 4 is 17.8 Å². The van der Waals surface area contributed by atoms with E-state index < -0.39 is 36.7 Å². The van der Waals surface area contributed by atoms with Crippen LogP contribution >= 0.6 is 0 Å². The zero-order chi connectivity index (χ0) is 14.4. The first-order valence-electron chi connectivity index (χ1n) is 5.43. The lowest BCUT2D eigenvalue weighted by Gasteiger charge is -2.06. The van der Waals surface area contributed by atoms with Gasteiger partial charge in [-0.25, -0.2) is 4.39 Å². The second-order valence-electron chi connectivity index (χ2n) is 3.84. The summed E-state index contributed by atoms with van der Waals surface area (Å²) in [5.74, 6) is -3.26. The first-order chi connectivity index (χ1) is 8.90. The highest BCUT2D eigenvalue weighted by molar-refractivity contribution is 5.96. The number of carboxylic acids is 1. The van der Waals surface area contributed by atoms with Gasteiger partial charge in [-0.05, 0) is 24.6 Å². The van der Waals surface area contributed by atoms with Crippen LogP contribution in [0.5, 0.6) is 0 Å². The molecule has 0 aliphatic heterocycles. The number of aliphatic carboxylic acids is 1. The molecule has 1 rings (SSSR count). The molecule has 0 radical (unpaired) electrons. The van der Waals surface area contributed by atoms with Crippen LogP contribution in [0.3, 0.4) is 0 Å². The van der Waals surface area contributed by atoms with E-state index in [1.54, 1.807) is 13.0 Å². The molecule has 0 saturated heterocycles. The number of carboxylic acid groups (broad SMARTS) is 1. The Morgan fingerprint density at radius 2 is 1.89 bits per heavy atom. The van der Waals surface area contributed by atoms with Gasteiger partial charge in [0.1, 0.15) is 12.4 Å². The number of carbonyl (C=O) groups is 3. The standard InChI is InChI=1S/C12H13FN2O4/c1-7-2-3-8(9(13)4-7)12(19)15-5-10(16)14-6-11(17)18/h2-4H,5-6H2,1H3,(H,14,16)(H,15,19)(H,17,18). The fraction of sp³-hybridized carbons (Fsp3) is 0.250. The molecule has 0 aliphatic carbocycles. The minimum atomic E-state index is -1.19. The first-order valence-corrected chi connectivity index (χ1v) is 5.43. The number of hydrogen-bond acceptors (Lipinski definition) is 3. The quantitative estimate of drug-likeness (QED) is 0.704. The van der Waals surface area contributed by atoms with Crippen LogP contribution in [0.1, 0.15) is 15.9 Å². The minimum absolute atomic E-state index is 0.170. The number of amides is 2. The third-order valence-corrected chi connectivity index (χ3v) is 2.22. The number of nitrogens with one attached hydrogen (secondary N) is 2. The lowest BCUT2D eigenvalue weighted by molar-refractivity contribution is -0.137. The smallest absolute Gasteiger partial charge is 0.322 e.